The minimum absolute atomic E-state index is 0.0371. The summed E-state index contributed by atoms with van der Waals surface area (Å²) in [5, 5.41) is -0.836. The van der Waals surface area contributed by atoms with Gasteiger partial charge in [0.2, 0.25) is 0 Å². The summed E-state index contributed by atoms with van der Waals surface area (Å²) in [6.07, 6.45) is 0.183. The summed E-state index contributed by atoms with van der Waals surface area (Å²) in [7, 11) is -7.03. The summed E-state index contributed by atoms with van der Waals surface area (Å²) in [6, 6.07) is 14.2. The number of rotatable bonds is 10. The molecule has 0 aliphatic rings. The van der Waals surface area contributed by atoms with Gasteiger partial charge in [0.25, 0.3) is 0 Å². The van der Waals surface area contributed by atoms with Crippen molar-refractivity contribution in [1.82, 2.24) is 0 Å². The standard InChI is InChI=1S/C20H26IO5PS/c1-4-25-27(22,26-5-2)15-14-20(18-8-6-7-9-19(18)21)28(23,24)17-12-10-16(3)11-13-17/h6-13,20H,4-5,14-15H2,1-3H3. The molecule has 0 aliphatic carbocycles. The quantitative estimate of drug-likeness (QED) is 0.285. The Balaban J connectivity index is 2.45. The van der Waals surface area contributed by atoms with E-state index in [1.807, 2.05) is 31.2 Å². The summed E-state index contributed by atoms with van der Waals surface area (Å²) < 4.78 is 51.4. The third-order valence-corrected chi connectivity index (χ3v) is 9.55. The van der Waals surface area contributed by atoms with Gasteiger partial charge >= 0.3 is 7.60 Å². The van der Waals surface area contributed by atoms with E-state index in [-0.39, 0.29) is 30.7 Å². The predicted octanol–water partition coefficient (Wildman–Crippen LogP) is 5.77. The maximum Gasteiger partial charge on any atom is 0.330 e. The second kappa shape index (κ2) is 10.3. The number of sulfone groups is 1. The number of hydrogen-bond acceptors (Lipinski definition) is 5. The highest BCUT2D eigenvalue weighted by Crippen LogP contribution is 2.50. The highest BCUT2D eigenvalue weighted by atomic mass is 127. The highest BCUT2D eigenvalue weighted by Gasteiger charge is 2.34. The third-order valence-electron chi connectivity index (χ3n) is 4.29. The molecule has 0 aromatic heterocycles. The van der Waals surface area contributed by atoms with Crippen molar-refractivity contribution in [3.8, 4) is 0 Å². The topological polar surface area (TPSA) is 69.7 Å². The van der Waals surface area contributed by atoms with Crippen molar-refractivity contribution in [1.29, 1.82) is 0 Å². The van der Waals surface area contributed by atoms with Crippen LogP contribution >= 0.6 is 30.2 Å². The predicted molar refractivity (Wildman–Crippen MR) is 121 cm³/mol. The molecule has 0 amide bonds. The smallest absolute Gasteiger partial charge is 0.309 e. The van der Waals surface area contributed by atoms with Crippen molar-refractivity contribution in [2.75, 3.05) is 19.4 Å². The second-order valence-corrected chi connectivity index (χ2v) is 11.8. The lowest BCUT2D eigenvalue weighted by Gasteiger charge is -2.23. The molecule has 0 bridgehead atoms. The van der Waals surface area contributed by atoms with Gasteiger partial charge in [0, 0.05) is 3.57 Å². The van der Waals surface area contributed by atoms with Crippen molar-refractivity contribution in [3.05, 3.63) is 63.2 Å². The van der Waals surface area contributed by atoms with Gasteiger partial charge in [-0.15, -0.1) is 0 Å². The molecule has 2 aromatic rings. The summed E-state index contributed by atoms with van der Waals surface area (Å²) >= 11 is 2.14. The zero-order valence-corrected chi connectivity index (χ0v) is 20.2. The minimum atomic E-state index is -3.68. The third kappa shape index (κ3) is 5.89. The van der Waals surface area contributed by atoms with Crippen LogP contribution in [0, 0.1) is 10.5 Å². The van der Waals surface area contributed by atoms with Gasteiger partial charge in [0.15, 0.2) is 9.84 Å². The first-order valence-electron chi connectivity index (χ1n) is 9.16. The molecule has 0 spiro atoms. The Morgan fingerprint density at radius 1 is 1.00 bits per heavy atom. The van der Waals surface area contributed by atoms with Crippen LogP contribution in [0.5, 0.6) is 0 Å². The molecule has 0 aliphatic heterocycles. The molecule has 1 unspecified atom stereocenters. The van der Waals surface area contributed by atoms with Crippen LogP contribution in [-0.2, 0) is 23.4 Å². The van der Waals surface area contributed by atoms with Gasteiger partial charge in [-0.2, -0.15) is 0 Å². The van der Waals surface area contributed by atoms with Crippen LogP contribution in [0.2, 0.25) is 0 Å². The van der Waals surface area contributed by atoms with Crippen molar-refractivity contribution in [2.45, 2.75) is 37.3 Å². The van der Waals surface area contributed by atoms with Crippen molar-refractivity contribution in [3.63, 3.8) is 0 Å². The molecule has 1 atom stereocenters. The molecule has 5 nitrogen and oxygen atoms in total. The molecule has 0 saturated carbocycles. The van der Waals surface area contributed by atoms with Gasteiger partial charge in [0.05, 0.1) is 29.5 Å². The Bertz CT molecular complexity index is 918. The Kier molecular flexibility index (Phi) is 8.70. The van der Waals surface area contributed by atoms with Gasteiger partial charge in [-0.05, 0) is 73.5 Å². The molecule has 0 radical (unpaired) electrons. The van der Waals surface area contributed by atoms with Crippen LogP contribution in [0.15, 0.2) is 53.4 Å². The lowest BCUT2D eigenvalue weighted by molar-refractivity contribution is 0.219. The van der Waals surface area contributed by atoms with Gasteiger partial charge in [-0.3, -0.25) is 4.57 Å². The normalized spacial score (nSPS) is 13.4. The second-order valence-electron chi connectivity index (χ2n) is 6.33. The Hall–Kier alpha value is -0.730. The molecule has 8 heteroatoms. The SMILES string of the molecule is CCOP(=O)(CCC(c1ccccc1I)S(=O)(=O)c1ccc(C)cc1)OCC. The summed E-state index contributed by atoms with van der Waals surface area (Å²) in [5.74, 6) is 0. The van der Waals surface area contributed by atoms with Gasteiger partial charge < -0.3 is 9.05 Å². The molecule has 0 heterocycles. The van der Waals surface area contributed by atoms with E-state index in [9.17, 15) is 13.0 Å². The van der Waals surface area contributed by atoms with Crippen LogP contribution in [0.3, 0.4) is 0 Å². The Morgan fingerprint density at radius 2 is 1.57 bits per heavy atom. The molecule has 2 rings (SSSR count). The van der Waals surface area contributed by atoms with Crippen molar-refractivity contribution < 1.29 is 22.0 Å². The summed E-state index contributed by atoms with van der Waals surface area (Å²) in [6.45, 7) is 5.89. The highest BCUT2D eigenvalue weighted by molar-refractivity contribution is 14.1. The van der Waals surface area contributed by atoms with Gasteiger partial charge in [0.1, 0.15) is 0 Å². The number of halogens is 1. The summed E-state index contributed by atoms with van der Waals surface area (Å²) in [4.78, 5) is 0.255. The van der Waals surface area contributed by atoms with Gasteiger partial charge in [-0.25, -0.2) is 8.42 Å². The summed E-state index contributed by atoms with van der Waals surface area (Å²) in [5.41, 5.74) is 1.69. The lowest BCUT2D eigenvalue weighted by atomic mass is 10.1. The van der Waals surface area contributed by atoms with Crippen LogP contribution in [0.4, 0.5) is 0 Å². The fourth-order valence-corrected chi connectivity index (χ4v) is 7.60. The maximum atomic E-state index is 13.5. The molecule has 0 saturated heterocycles. The van der Waals surface area contributed by atoms with E-state index in [0.29, 0.717) is 5.56 Å². The molecule has 154 valence electrons. The van der Waals surface area contributed by atoms with E-state index >= 15 is 0 Å². The van der Waals surface area contributed by atoms with Crippen molar-refractivity contribution in [2.24, 2.45) is 0 Å². The first-order chi connectivity index (χ1) is 13.2. The van der Waals surface area contributed by atoms with Crippen molar-refractivity contribution >= 4 is 40.0 Å². The number of benzene rings is 2. The fourth-order valence-electron chi connectivity index (χ4n) is 2.94. The fraction of sp³-hybridized carbons (Fsp3) is 0.400. The molecule has 0 N–H and O–H groups in total. The Morgan fingerprint density at radius 3 is 2.11 bits per heavy atom. The largest absolute Gasteiger partial charge is 0.330 e. The van der Waals surface area contributed by atoms with Crippen LogP contribution in [0.1, 0.15) is 36.6 Å². The average molecular weight is 536 g/mol. The van der Waals surface area contributed by atoms with E-state index in [2.05, 4.69) is 22.6 Å². The maximum absolute atomic E-state index is 13.5. The monoisotopic (exact) mass is 536 g/mol. The van der Waals surface area contributed by atoms with Crippen LogP contribution < -0.4 is 0 Å². The lowest BCUT2D eigenvalue weighted by Crippen LogP contribution is -2.17. The molecular weight excluding hydrogens is 510 g/mol. The first-order valence-corrected chi connectivity index (χ1v) is 13.5. The number of hydrogen-bond donors (Lipinski definition) is 0. The van der Waals surface area contributed by atoms with Crippen LogP contribution in [-0.4, -0.2) is 27.8 Å². The molecule has 28 heavy (non-hydrogen) atoms. The zero-order valence-electron chi connectivity index (χ0n) is 16.3. The van der Waals surface area contributed by atoms with E-state index in [4.69, 9.17) is 9.05 Å². The van der Waals surface area contributed by atoms with Gasteiger partial charge in [-0.1, -0.05) is 35.9 Å². The zero-order chi connectivity index (χ0) is 20.8. The first kappa shape index (κ1) is 23.5. The molecule has 0 fully saturated rings. The molecular formula is C20H26IO5PS. The molecule has 2 aromatic carbocycles. The Labute approximate surface area is 181 Å². The number of aryl methyl sites for hydroxylation is 1. The van der Waals surface area contributed by atoms with E-state index in [1.54, 1.807) is 38.1 Å². The van der Waals surface area contributed by atoms with E-state index < -0.39 is 22.7 Å². The van der Waals surface area contributed by atoms with Crippen LogP contribution in [0.25, 0.3) is 0 Å². The average Bonchev–Trinajstić information content (AvgIpc) is 2.64. The van der Waals surface area contributed by atoms with E-state index in [0.717, 1.165) is 9.13 Å². The minimum Gasteiger partial charge on any atom is -0.309 e. The van der Waals surface area contributed by atoms with E-state index in [1.165, 1.54) is 0 Å².